The molecule has 0 N–H and O–H groups in total. The van der Waals surface area contributed by atoms with E-state index in [0.717, 1.165) is 23.7 Å². The summed E-state index contributed by atoms with van der Waals surface area (Å²) in [5.41, 5.74) is 0. The van der Waals surface area contributed by atoms with E-state index in [0.29, 0.717) is 0 Å². The zero-order valence-electron chi connectivity index (χ0n) is 9.14. The van der Waals surface area contributed by atoms with Crippen molar-refractivity contribution in [1.29, 1.82) is 0 Å². The Hall–Kier alpha value is 0. The Kier molecular flexibility index (Phi) is 3.61. The molecule has 0 amide bonds. The molecule has 0 saturated heterocycles. The van der Waals surface area contributed by atoms with Gasteiger partial charge in [-0.25, -0.2) is 0 Å². The van der Waals surface area contributed by atoms with Gasteiger partial charge in [-0.3, -0.25) is 0 Å². The molecule has 0 heteroatoms. The molecule has 3 unspecified atom stereocenters. The molecule has 0 nitrogen and oxygen atoms in total. The Bertz CT molecular complexity index is 126. The lowest BCUT2D eigenvalue weighted by molar-refractivity contribution is 0.0974. The molecular weight excluding hydrogens is 144 g/mol. The van der Waals surface area contributed by atoms with Crippen molar-refractivity contribution >= 4 is 0 Å². The molecule has 0 radical (unpaired) electrons. The highest BCUT2D eigenvalue weighted by atomic mass is 14.4. The Morgan fingerprint density at radius 1 is 1.17 bits per heavy atom. The van der Waals surface area contributed by atoms with E-state index in [-0.39, 0.29) is 0 Å². The van der Waals surface area contributed by atoms with Crippen molar-refractivity contribution in [3.8, 4) is 0 Å². The van der Waals surface area contributed by atoms with E-state index in [4.69, 9.17) is 0 Å². The predicted octanol–water partition coefficient (Wildman–Crippen LogP) is 4.10. The van der Waals surface area contributed by atoms with Crippen LogP contribution < -0.4 is 0 Å². The zero-order valence-corrected chi connectivity index (χ0v) is 9.14. The largest absolute Gasteiger partial charge is 0.0651 e. The van der Waals surface area contributed by atoms with Crippen molar-refractivity contribution in [2.45, 2.75) is 53.4 Å². The minimum absolute atomic E-state index is 0.924. The van der Waals surface area contributed by atoms with Crippen molar-refractivity contribution in [2.75, 3.05) is 0 Å². The zero-order chi connectivity index (χ0) is 9.14. The van der Waals surface area contributed by atoms with Gasteiger partial charge in [0.2, 0.25) is 0 Å². The van der Waals surface area contributed by atoms with Crippen LogP contribution in [0.5, 0.6) is 0 Å². The minimum Gasteiger partial charge on any atom is -0.0651 e. The van der Waals surface area contributed by atoms with Crippen molar-refractivity contribution < 1.29 is 0 Å². The molecule has 0 aliphatic heterocycles. The molecule has 0 aromatic rings. The summed E-state index contributed by atoms with van der Waals surface area (Å²) in [4.78, 5) is 0. The summed E-state index contributed by atoms with van der Waals surface area (Å²) in [5.74, 6) is 4.00. The highest BCUT2D eigenvalue weighted by molar-refractivity contribution is 4.83. The van der Waals surface area contributed by atoms with Crippen LogP contribution in [0.2, 0.25) is 0 Å². The normalized spacial score (nSPS) is 31.8. The number of hydrogen-bond acceptors (Lipinski definition) is 0. The van der Waals surface area contributed by atoms with E-state index in [2.05, 4.69) is 27.7 Å². The Morgan fingerprint density at radius 2 is 1.83 bits per heavy atom. The van der Waals surface area contributed by atoms with Gasteiger partial charge in [-0.2, -0.15) is 0 Å². The first kappa shape index (κ1) is 10.1. The monoisotopic (exact) mass is 168 g/mol. The highest BCUT2D eigenvalue weighted by Crippen LogP contribution is 2.43. The van der Waals surface area contributed by atoms with Gasteiger partial charge in [-0.15, -0.1) is 0 Å². The van der Waals surface area contributed by atoms with Crippen LogP contribution in [0.1, 0.15) is 53.4 Å². The fraction of sp³-hybridized carbons (Fsp3) is 1.00. The van der Waals surface area contributed by atoms with E-state index in [1.807, 2.05) is 0 Å². The Labute approximate surface area is 77.7 Å². The first-order valence-corrected chi connectivity index (χ1v) is 5.65. The molecule has 12 heavy (non-hydrogen) atoms. The van der Waals surface area contributed by atoms with Crippen LogP contribution in [0.4, 0.5) is 0 Å². The minimum atomic E-state index is 0.924. The van der Waals surface area contributed by atoms with Crippen LogP contribution >= 0.6 is 0 Å². The third-order valence-corrected chi connectivity index (χ3v) is 3.73. The number of hydrogen-bond donors (Lipinski definition) is 0. The molecule has 1 rings (SSSR count). The second-order valence-electron chi connectivity index (χ2n) is 4.99. The van der Waals surface area contributed by atoms with Crippen molar-refractivity contribution in [3.63, 3.8) is 0 Å². The molecule has 1 aliphatic carbocycles. The van der Waals surface area contributed by atoms with Crippen LogP contribution in [0, 0.1) is 23.7 Å². The molecule has 0 heterocycles. The third kappa shape index (κ3) is 2.24. The molecule has 72 valence electrons. The summed E-state index contributed by atoms with van der Waals surface area (Å²) in [6, 6.07) is 0. The summed E-state index contributed by atoms with van der Waals surface area (Å²) in [7, 11) is 0. The summed E-state index contributed by atoms with van der Waals surface area (Å²) in [6.45, 7) is 9.48. The topological polar surface area (TPSA) is 0 Å². The maximum absolute atomic E-state index is 2.40. The molecule has 1 saturated carbocycles. The van der Waals surface area contributed by atoms with Gasteiger partial charge in [-0.1, -0.05) is 34.1 Å². The van der Waals surface area contributed by atoms with Gasteiger partial charge in [-0.05, 0) is 42.9 Å². The predicted molar refractivity (Wildman–Crippen MR) is 55.1 cm³/mol. The standard InChI is InChI=1S/C12H24/c1-5-10(4)8-11-6-7-12(11)9(2)3/h9-12H,5-8H2,1-4H3. The van der Waals surface area contributed by atoms with Gasteiger partial charge >= 0.3 is 0 Å². The molecule has 1 aliphatic rings. The molecule has 0 aromatic heterocycles. The number of rotatable bonds is 4. The quantitative estimate of drug-likeness (QED) is 0.592. The second kappa shape index (κ2) is 4.30. The molecule has 1 fully saturated rings. The maximum atomic E-state index is 2.40. The van der Waals surface area contributed by atoms with Gasteiger partial charge < -0.3 is 0 Å². The van der Waals surface area contributed by atoms with Crippen LogP contribution in [0.25, 0.3) is 0 Å². The third-order valence-electron chi connectivity index (χ3n) is 3.73. The van der Waals surface area contributed by atoms with Gasteiger partial charge in [0, 0.05) is 0 Å². The maximum Gasteiger partial charge on any atom is -0.0362 e. The van der Waals surface area contributed by atoms with Gasteiger partial charge in [0.15, 0.2) is 0 Å². The van der Waals surface area contributed by atoms with Crippen molar-refractivity contribution in [1.82, 2.24) is 0 Å². The molecule has 0 spiro atoms. The summed E-state index contributed by atoms with van der Waals surface area (Å²) < 4.78 is 0. The SMILES string of the molecule is CCC(C)CC1CCC1C(C)C. The average Bonchev–Trinajstić information content (AvgIpc) is 1.96. The lowest BCUT2D eigenvalue weighted by Gasteiger charge is -2.41. The van der Waals surface area contributed by atoms with Gasteiger partial charge in [0.05, 0.1) is 0 Å². The first-order valence-electron chi connectivity index (χ1n) is 5.65. The van der Waals surface area contributed by atoms with E-state index < -0.39 is 0 Å². The molecule has 0 bridgehead atoms. The second-order valence-corrected chi connectivity index (χ2v) is 4.99. The van der Waals surface area contributed by atoms with E-state index in [1.165, 1.54) is 25.7 Å². The first-order chi connectivity index (χ1) is 5.65. The lowest BCUT2D eigenvalue weighted by atomic mass is 9.65. The van der Waals surface area contributed by atoms with Crippen LogP contribution in [0.15, 0.2) is 0 Å². The van der Waals surface area contributed by atoms with Crippen LogP contribution in [0.3, 0.4) is 0 Å². The smallest absolute Gasteiger partial charge is 0.0362 e. The molecule has 3 atom stereocenters. The summed E-state index contributed by atoms with van der Waals surface area (Å²) in [6.07, 6.45) is 5.85. The molecule has 0 aromatic carbocycles. The van der Waals surface area contributed by atoms with Crippen LogP contribution in [-0.4, -0.2) is 0 Å². The van der Waals surface area contributed by atoms with E-state index >= 15 is 0 Å². The highest BCUT2D eigenvalue weighted by Gasteiger charge is 2.33. The average molecular weight is 168 g/mol. The Balaban J connectivity index is 2.25. The fourth-order valence-electron chi connectivity index (χ4n) is 2.45. The van der Waals surface area contributed by atoms with Gasteiger partial charge in [0.1, 0.15) is 0 Å². The van der Waals surface area contributed by atoms with E-state index in [9.17, 15) is 0 Å². The van der Waals surface area contributed by atoms with Crippen molar-refractivity contribution in [2.24, 2.45) is 23.7 Å². The van der Waals surface area contributed by atoms with Crippen LogP contribution in [-0.2, 0) is 0 Å². The van der Waals surface area contributed by atoms with Crippen molar-refractivity contribution in [3.05, 3.63) is 0 Å². The fourth-order valence-corrected chi connectivity index (χ4v) is 2.45. The lowest BCUT2D eigenvalue weighted by Crippen LogP contribution is -2.31. The molecular formula is C12H24. The summed E-state index contributed by atoms with van der Waals surface area (Å²) >= 11 is 0. The van der Waals surface area contributed by atoms with E-state index in [1.54, 1.807) is 0 Å². The Morgan fingerprint density at radius 3 is 2.17 bits per heavy atom. The van der Waals surface area contributed by atoms with Gasteiger partial charge in [0.25, 0.3) is 0 Å². The summed E-state index contributed by atoms with van der Waals surface area (Å²) in [5, 5.41) is 0.